The van der Waals surface area contributed by atoms with Gasteiger partial charge in [0.1, 0.15) is 0 Å². The predicted octanol–water partition coefficient (Wildman–Crippen LogP) is 3.99. The van der Waals surface area contributed by atoms with Gasteiger partial charge in [-0.15, -0.1) is 0 Å². The number of nitrogens with two attached hydrogens (primary N) is 1. The van der Waals surface area contributed by atoms with E-state index in [0.29, 0.717) is 5.92 Å². The van der Waals surface area contributed by atoms with Gasteiger partial charge in [-0.1, -0.05) is 27.7 Å². The van der Waals surface area contributed by atoms with E-state index in [-0.39, 0.29) is 11.8 Å². The molecule has 1 aromatic rings. The first-order valence-corrected chi connectivity index (χ1v) is 7.35. The number of nitrogen functional groups attached to an aromatic ring is 1. The molecule has 3 heteroatoms. The monoisotopic (exact) mass is 276 g/mol. The minimum absolute atomic E-state index is 0.0370. The van der Waals surface area contributed by atoms with E-state index in [4.69, 9.17) is 5.73 Å². The van der Waals surface area contributed by atoms with Crippen molar-refractivity contribution in [2.75, 3.05) is 11.1 Å². The Labute approximate surface area is 122 Å². The number of anilines is 2. The van der Waals surface area contributed by atoms with Crippen LogP contribution < -0.4 is 11.1 Å². The minimum Gasteiger partial charge on any atom is -0.398 e. The van der Waals surface area contributed by atoms with Gasteiger partial charge in [0.25, 0.3) is 0 Å². The SMILES string of the molecule is Cc1c(N)c(C)c(NC(=O)C(C)C)c(C)c1CC(C)C. The van der Waals surface area contributed by atoms with Crippen molar-refractivity contribution in [1.82, 2.24) is 0 Å². The van der Waals surface area contributed by atoms with Gasteiger partial charge in [0.15, 0.2) is 0 Å². The van der Waals surface area contributed by atoms with E-state index in [1.165, 1.54) is 5.56 Å². The molecule has 0 spiro atoms. The molecule has 3 N–H and O–H groups in total. The lowest BCUT2D eigenvalue weighted by Gasteiger charge is -2.22. The third-order valence-electron chi connectivity index (χ3n) is 3.85. The summed E-state index contributed by atoms with van der Waals surface area (Å²) in [5.41, 5.74) is 12.5. The Morgan fingerprint density at radius 2 is 1.60 bits per heavy atom. The molecular weight excluding hydrogens is 248 g/mol. The van der Waals surface area contributed by atoms with Crippen LogP contribution in [-0.4, -0.2) is 5.91 Å². The molecule has 0 aliphatic carbocycles. The molecule has 3 nitrogen and oxygen atoms in total. The Morgan fingerprint density at radius 1 is 1.05 bits per heavy atom. The molecular formula is C17H28N2O. The molecule has 0 saturated carbocycles. The van der Waals surface area contributed by atoms with Crippen molar-refractivity contribution in [2.45, 2.75) is 54.9 Å². The molecule has 0 fully saturated rings. The van der Waals surface area contributed by atoms with Gasteiger partial charge in [0.2, 0.25) is 5.91 Å². The zero-order valence-corrected chi connectivity index (χ0v) is 13.8. The summed E-state index contributed by atoms with van der Waals surface area (Å²) in [6, 6.07) is 0. The standard InChI is InChI=1S/C17H28N2O/c1-9(2)8-14-11(5)15(18)13(7)16(12(14)6)19-17(20)10(3)4/h9-10H,8,18H2,1-7H3,(H,19,20). The van der Waals surface area contributed by atoms with Crippen LogP contribution in [0.2, 0.25) is 0 Å². The van der Waals surface area contributed by atoms with Crippen molar-refractivity contribution in [1.29, 1.82) is 0 Å². The largest absolute Gasteiger partial charge is 0.398 e. The van der Waals surface area contributed by atoms with Gasteiger partial charge in [-0.05, 0) is 55.4 Å². The van der Waals surface area contributed by atoms with E-state index in [1.807, 2.05) is 20.8 Å². The Bertz CT molecular complexity index is 516. The molecule has 0 unspecified atom stereocenters. The first kappa shape index (κ1) is 16.5. The van der Waals surface area contributed by atoms with Crippen molar-refractivity contribution in [2.24, 2.45) is 11.8 Å². The first-order valence-electron chi connectivity index (χ1n) is 7.35. The minimum atomic E-state index is -0.0372. The van der Waals surface area contributed by atoms with Crippen LogP contribution in [0, 0.1) is 32.6 Å². The van der Waals surface area contributed by atoms with Gasteiger partial charge in [0.05, 0.1) is 0 Å². The van der Waals surface area contributed by atoms with Crippen molar-refractivity contribution < 1.29 is 4.79 Å². The number of hydrogen-bond acceptors (Lipinski definition) is 2. The maximum Gasteiger partial charge on any atom is 0.226 e. The zero-order valence-electron chi connectivity index (χ0n) is 13.8. The van der Waals surface area contributed by atoms with Crippen LogP contribution in [0.3, 0.4) is 0 Å². The number of benzene rings is 1. The first-order chi connectivity index (χ1) is 9.16. The number of carbonyl (C=O) groups is 1. The summed E-state index contributed by atoms with van der Waals surface area (Å²) >= 11 is 0. The summed E-state index contributed by atoms with van der Waals surface area (Å²) in [5.74, 6) is 0.558. The lowest BCUT2D eigenvalue weighted by Crippen LogP contribution is -2.20. The number of hydrogen-bond donors (Lipinski definition) is 2. The van der Waals surface area contributed by atoms with Gasteiger partial charge < -0.3 is 11.1 Å². The normalized spacial score (nSPS) is 11.2. The lowest BCUT2D eigenvalue weighted by molar-refractivity contribution is -0.118. The lowest BCUT2D eigenvalue weighted by atomic mass is 9.89. The molecule has 0 bridgehead atoms. The van der Waals surface area contributed by atoms with Crippen LogP contribution in [0.25, 0.3) is 0 Å². The second kappa shape index (κ2) is 6.29. The number of nitrogens with one attached hydrogen (secondary N) is 1. The molecule has 0 aliphatic rings. The molecule has 0 atom stereocenters. The molecule has 0 aromatic heterocycles. The molecule has 20 heavy (non-hydrogen) atoms. The van der Waals surface area contributed by atoms with Crippen LogP contribution in [-0.2, 0) is 11.2 Å². The Kier molecular flexibility index (Phi) is 5.21. The summed E-state index contributed by atoms with van der Waals surface area (Å²) in [6.07, 6.45) is 0.979. The van der Waals surface area contributed by atoms with Gasteiger partial charge in [0, 0.05) is 17.3 Å². The van der Waals surface area contributed by atoms with E-state index in [2.05, 4.69) is 33.0 Å². The molecule has 0 heterocycles. The van der Waals surface area contributed by atoms with Crippen LogP contribution in [0.1, 0.15) is 49.9 Å². The van der Waals surface area contributed by atoms with Crippen molar-refractivity contribution in [3.8, 4) is 0 Å². The Morgan fingerprint density at radius 3 is 2.05 bits per heavy atom. The zero-order chi connectivity index (χ0) is 15.6. The fraction of sp³-hybridized carbons (Fsp3) is 0.588. The number of carbonyl (C=O) groups excluding carboxylic acids is 1. The highest BCUT2D eigenvalue weighted by Crippen LogP contribution is 2.34. The maximum atomic E-state index is 12.0. The summed E-state index contributed by atoms with van der Waals surface area (Å²) in [6.45, 7) is 14.3. The van der Waals surface area contributed by atoms with Crippen molar-refractivity contribution >= 4 is 17.3 Å². The molecule has 1 amide bonds. The van der Waals surface area contributed by atoms with Crippen molar-refractivity contribution in [3.63, 3.8) is 0 Å². The third kappa shape index (κ3) is 3.33. The van der Waals surface area contributed by atoms with Gasteiger partial charge >= 0.3 is 0 Å². The maximum absolute atomic E-state index is 12.0. The topological polar surface area (TPSA) is 55.1 Å². The van der Waals surface area contributed by atoms with Gasteiger partial charge in [-0.3, -0.25) is 4.79 Å². The molecule has 1 rings (SSSR count). The average molecular weight is 276 g/mol. The molecule has 0 saturated heterocycles. The van der Waals surface area contributed by atoms with E-state index in [1.54, 1.807) is 0 Å². The van der Waals surface area contributed by atoms with Crippen LogP contribution in [0.4, 0.5) is 11.4 Å². The highest BCUT2D eigenvalue weighted by molar-refractivity contribution is 5.95. The van der Waals surface area contributed by atoms with E-state index in [9.17, 15) is 4.79 Å². The van der Waals surface area contributed by atoms with E-state index >= 15 is 0 Å². The quantitative estimate of drug-likeness (QED) is 0.817. The molecule has 0 aliphatic heterocycles. The van der Waals surface area contributed by atoms with E-state index < -0.39 is 0 Å². The van der Waals surface area contributed by atoms with Crippen molar-refractivity contribution in [3.05, 3.63) is 22.3 Å². The van der Waals surface area contributed by atoms with Gasteiger partial charge in [-0.25, -0.2) is 0 Å². The highest BCUT2D eigenvalue weighted by Gasteiger charge is 2.18. The Hall–Kier alpha value is -1.51. The van der Waals surface area contributed by atoms with E-state index in [0.717, 1.165) is 34.5 Å². The fourth-order valence-electron chi connectivity index (χ4n) is 2.46. The summed E-state index contributed by atoms with van der Waals surface area (Å²) in [5, 5.41) is 3.04. The van der Waals surface area contributed by atoms with Crippen LogP contribution in [0.15, 0.2) is 0 Å². The molecule has 1 aromatic carbocycles. The molecule has 0 radical (unpaired) electrons. The number of amides is 1. The fourth-order valence-corrected chi connectivity index (χ4v) is 2.46. The number of rotatable bonds is 4. The smallest absolute Gasteiger partial charge is 0.226 e. The predicted molar refractivity (Wildman–Crippen MR) is 87.1 cm³/mol. The van der Waals surface area contributed by atoms with Crippen LogP contribution in [0.5, 0.6) is 0 Å². The average Bonchev–Trinajstić information content (AvgIpc) is 2.36. The second-order valence-corrected chi connectivity index (χ2v) is 6.38. The third-order valence-corrected chi connectivity index (χ3v) is 3.85. The highest BCUT2D eigenvalue weighted by atomic mass is 16.1. The Balaban J connectivity index is 3.37. The molecule has 112 valence electrons. The summed E-state index contributed by atoms with van der Waals surface area (Å²) < 4.78 is 0. The van der Waals surface area contributed by atoms with Crippen LogP contribution >= 0.6 is 0 Å². The summed E-state index contributed by atoms with van der Waals surface area (Å²) in [4.78, 5) is 12.0. The van der Waals surface area contributed by atoms with Gasteiger partial charge in [-0.2, -0.15) is 0 Å². The summed E-state index contributed by atoms with van der Waals surface area (Å²) in [7, 11) is 0. The second-order valence-electron chi connectivity index (χ2n) is 6.38.